The predicted octanol–water partition coefficient (Wildman–Crippen LogP) is 3.66. The van der Waals surface area contributed by atoms with Crippen LogP contribution in [0.5, 0.6) is 0 Å². The average molecular weight is 429 g/mol. The maximum atomic E-state index is 13.1. The van der Waals surface area contributed by atoms with Gasteiger partial charge in [0.15, 0.2) is 0 Å². The van der Waals surface area contributed by atoms with E-state index in [1.165, 1.54) is 6.42 Å². The molecule has 2 aliphatic rings. The van der Waals surface area contributed by atoms with Crippen molar-refractivity contribution in [3.63, 3.8) is 0 Å². The molecule has 0 atom stereocenters. The third-order valence-electron chi connectivity index (χ3n) is 5.80. The van der Waals surface area contributed by atoms with Crippen LogP contribution < -0.4 is 5.32 Å². The van der Waals surface area contributed by atoms with E-state index in [0.29, 0.717) is 29.8 Å². The number of ether oxygens (including phenoxy) is 2. The summed E-state index contributed by atoms with van der Waals surface area (Å²) in [5.41, 5.74) is 0.452. The van der Waals surface area contributed by atoms with Gasteiger partial charge >= 0.3 is 0 Å². The largest absolute Gasteiger partial charge is 0.379 e. The van der Waals surface area contributed by atoms with Crippen LogP contribution in [0.2, 0.25) is 10.0 Å². The fraction of sp³-hybridized carbons (Fsp3) is 0.667. The number of hydrogen-bond donors (Lipinski definition) is 1. The van der Waals surface area contributed by atoms with Gasteiger partial charge in [0, 0.05) is 26.2 Å². The number of amides is 1. The summed E-state index contributed by atoms with van der Waals surface area (Å²) in [5.74, 6) is 0.0716. The number of benzene rings is 1. The Morgan fingerprint density at radius 3 is 2.57 bits per heavy atom. The first-order chi connectivity index (χ1) is 13.6. The minimum atomic E-state index is -0.514. The number of nitrogens with one attached hydrogen (secondary N) is 1. The molecule has 1 heterocycles. The molecule has 1 aromatic rings. The lowest BCUT2D eigenvalue weighted by atomic mass is 9.68. The van der Waals surface area contributed by atoms with Gasteiger partial charge in [0.1, 0.15) is 0 Å². The van der Waals surface area contributed by atoms with Crippen LogP contribution in [0.3, 0.4) is 0 Å². The van der Waals surface area contributed by atoms with E-state index in [0.717, 1.165) is 64.1 Å². The molecule has 0 radical (unpaired) electrons. The lowest BCUT2D eigenvalue weighted by Crippen LogP contribution is -2.46. The summed E-state index contributed by atoms with van der Waals surface area (Å²) in [4.78, 5) is 15.5. The minimum absolute atomic E-state index is 0.0716. The summed E-state index contributed by atoms with van der Waals surface area (Å²) < 4.78 is 11.1. The third-order valence-corrected chi connectivity index (χ3v) is 6.54. The van der Waals surface area contributed by atoms with Gasteiger partial charge in [0.2, 0.25) is 5.91 Å². The molecule has 1 aliphatic carbocycles. The molecule has 1 aliphatic heterocycles. The van der Waals surface area contributed by atoms with E-state index >= 15 is 0 Å². The zero-order valence-corrected chi connectivity index (χ0v) is 17.9. The monoisotopic (exact) mass is 428 g/mol. The van der Waals surface area contributed by atoms with E-state index in [2.05, 4.69) is 10.2 Å². The van der Waals surface area contributed by atoms with E-state index in [1.807, 2.05) is 12.1 Å². The Hall–Kier alpha value is -0.850. The van der Waals surface area contributed by atoms with Gasteiger partial charge in [-0.15, -0.1) is 0 Å². The number of rotatable bonds is 8. The van der Waals surface area contributed by atoms with Crippen molar-refractivity contribution in [3.05, 3.63) is 33.8 Å². The number of carbonyl (C=O) groups excluding carboxylic acids is 1. The SMILES string of the molecule is O=C(NCCOCCN1CCOCC1)C1(c2ccc(Cl)c(Cl)c2)CCCCC1. The van der Waals surface area contributed by atoms with Crippen molar-refractivity contribution in [3.8, 4) is 0 Å². The van der Waals surface area contributed by atoms with Crippen LogP contribution in [0.25, 0.3) is 0 Å². The maximum absolute atomic E-state index is 13.1. The van der Waals surface area contributed by atoms with Crippen molar-refractivity contribution in [2.45, 2.75) is 37.5 Å². The van der Waals surface area contributed by atoms with Gasteiger partial charge in [-0.25, -0.2) is 0 Å². The molecule has 1 N–H and O–H groups in total. The highest BCUT2D eigenvalue weighted by Crippen LogP contribution is 2.41. The Labute approximate surface area is 177 Å². The van der Waals surface area contributed by atoms with E-state index in [-0.39, 0.29) is 5.91 Å². The van der Waals surface area contributed by atoms with Crippen molar-refractivity contribution in [2.24, 2.45) is 0 Å². The van der Waals surface area contributed by atoms with Crippen LogP contribution in [0.4, 0.5) is 0 Å². The summed E-state index contributed by atoms with van der Waals surface area (Å²) in [6.07, 6.45) is 4.94. The molecule has 7 heteroatoms. The predicted molar refractivity (Wildman–Crippen MR) is 112 cm³/mol. The van der Waals surface area contributed by atoms with Crippen LogP contribution in [-0.4, -0.2) is 63.4 Å². The number of halogens is 2. The van der Waals surface area contributed by atoms with Crippen LogP contribution >= 0.6 is 23.2 Å². The number of morpholine rings is 1. The van der Waals surface area contributed by atoms with Gasteiger partial charge < -0.3 is 14.8 Å². The van der Waals surface area contributed by atoms with E-state index in [4.69, 9.17) is 32.7 Å². The van der Waals surface area contributed by atoms with Gasteiger partial charge in [-0.1, -0.05) is 48.5 Å². The van der Waals surface area contributed by atoms with Crippen molar-refractivity contribution in [1.82, 2.24) is 10.2 Å². The topological polar surface area (TPSA) is 50.8 Å². The van der Waals surface area contributed by atoms with Crippen LogP contribution in [0, 0.1) is 0 Å². The molecular formula is C21H30Cl2N2O3. The van der Waals surface area contributed by atoms with Gasteiger partial charge in [-0.2, -0.15) is 0 Å². The smallest absolute Gasteiger partial charge is 0.230 e. The molecule has 1 saturated carbocycles. The van der Waals surface area contributed by atoms with E-state index < -0.39 is 5.41 Å². The lowest BCUT2D eigenvalue weighted by molar-refractivity contribution is -0.128. The quantitative estimate of drug-likeness (QED) is 0.641. The summed E-state index contributed by atoms with van der Waals surface area (Å²) in [7, 11) is 0. The molecule has 1 amide bonds. The van der Waals surface area contributed by atoms with E-state index in [9.17, 15) is 4.79 Å². The molecule has 1 aromatic carbocycles. The van der Waals surface area contributed by atoms with Crippen LogP contribution in [0.15, 0.2) is 18.2 Å². The van der Waals surface area contributed by atoms with Crippen LogP contribution in [-0.2, 0) is 19.7 Å². The number of hydrogen-bond acceptors (Lipinski definition) is 4. The summed E-state index contributed by atoms with van der Waals surface area (Å²) in [6, 6.07) is 5.59. The molecule has 5 nitrogen and oxygen atoms in total. The van der Waals surface area contributed by atoms with Crippen molar-refractivity contribution < 1.29 is 14.3 Å². The highest BCUT2D eigenvalue weighted by molar-refractivity contribution is 6.42. The number of nitrogens with zero attached hydrogens (tertiary/aromatic N) is 1. The van der Waals surface area contributed by atoms with Gasteiger partial charge in [0.25, 0.3) is 0 Å². The summed E-state index contributed by atoms with van der Waals surface area (Å²) in [5, 5.41) is 4.11. The molecule has 0 spiro atoms. The second-order valence-corrected chi connectivity index (χ2v) is 8.41. The molecule has 1 saturated heterocycles. The second kappa shape index (κ2) is 10.8. The molecule has 28 heavy (non-hydrogen) atoms. The van der Waals surface area contributed by atoms with Gasteiger partial charge in [-0.3, -0.25) is 9.69 Å². The molecule has 0 unspecified atom stereocenters. The van der Waals surface area contributed by atoms with Crippen molar-refractivity contribution in [2.75, 3.05) is 52.6 Å². The standard InChI is InChI=1S/C21H30Cl2N2O3/c22-18-5-4-17(16-19(18)23)21(6-2-1-3-7-21)20(26)24-8-12-27-13-9-25-10-14-28-15-11-25/h4-5,16H,1-3,6-15H2,(H,24,26). The molecular weight excluding hydrogens is 399 g/mol. The van der Waals surface area contributed by atoms with Crippen LogP contribution in [0.1, 0.15) is 37.7 Å². The van der Waals surface area contributed by atoms with Gasteiger partial charge in [-0.05, 0) is 30.5 Å². The zero-order valence-electron chi connectivity index (χ0n) is 16.4. The highest BCUT2D eigenvalue weighted by Gasteiger charge is 2.41. The Morgan fingerprint density at radius 2 is 1.86 bits per heavy atom. The van der Waals surface area contributed by atoms with Crippen molar-refractivity contribution >= 4 is 29.1 Å². The fourth-order valence-electron chi connectivity index (χ4n) is 4.12. The summed E-state index contributed by atoms with van der Waals surface area (Å²) in [6.45, 7) is 6.15. The molecule has 0 bridgehead atoms. The normalized spacial score (nSPS) is 20.1. The van der Waals surface area contributed by atoms with Gasteiger partial charge in [0.05, 0.1) is 41.9 Å². The molecule has 156 valence electrons. The Kier molecular flexibility index (Phi) is 8.42. The van der Waals surface area contributed by atoms with Crippen molar-refractivity contribution in [1.29, 1.82) is 0 Å². The Morgan fingerprint density at radius 1 is 1.11 bits per heavy atom. The minimum Gasteiger partial charge on any atom is -0.379 e. The summed E-state index contributed by atoms with van der Waals surface area (Å²) >= 11 is 12.3. The Balaban J connectivity index is 1.48. The molecule has 0 aromatic heterocycles. The lowest BCUT2D eigenvalue weighted by Gasteiger charge is -2.36. The first-order valence-electron chi connectivity index (χ1n) is 10.2. The maximum Gasteiger partial charge on any atom is 0.230 e. The first kappa shape index (κ1) is 21.8. The number of carbonyl (C=O) groups is 1. The average Bonchev–Trinajstić information content (AvgIpc) is 2.73. The second-order valence-electron chi connectivity index (χ2n) is 7.59. The highest BCUT2D eigenvalue weighted by atomic mass is 35.5. The molecule has 3 rings (SSSR count). The zero-order chi connectivity index (χ0) is 19.8. The third kappa shape index (κ3) is 5.61. The molecule has 2 fully saturated rings. The Bertz CT molecular complexity index is 645. The van der Waals surface area contributed by atoms with E-state index in [1.54, 1.807) is 6.07 Å². The first-order valence-corrected chi connectivity index (χ1v) is 11.0. The fourth-order valence-corrected chi connectivity index (χ4v) is 4.42.